The molecule has 0 aliphatic carbocycles. The second kappa shape index (κ2) is 10.1. The summed E-state index contributed by atoms with van der Waals surface area (Å²) in [5.41, 5.74) is 0.834. The summed E-state index contributed by atoms with van der Waals surface area (Å²) in [4.78, 5) is 12.5. The van der Waals surface area contributed by atoms with E-state index in [9.17, 15) is 13.2 Å². The highest BCUT2D eigenvalue weighted by molar-refractivity contribution is 7.92. The first-order valence-corrected chi connectivity index (χ1v) is 12.2. The van der Waals surface area contributed by atoms with E-state index in [1.807, 2.05) is 30.3 Å². The Bertz CT molecular complexity index is 934. The number of unbranched alkanes of at least 4 members (excludes halogenated alkanes) is 1. The smallest absolute Gasteiger partial charge is 0.236 e. The van der Waals surface area contributed by atoms with Crippen LogP contribution in [0.5, 0.6) is 0 Å². The van der Waals surface area contributed by atoms with Gasteiger partial charge in [-0.2, -0.15) is 4.31 Å². The van der Waals surface area contributed by atoms with Gasteiger partial charge in [-0.1, -0.05) is 55.0 Å². The zero-order valence-corrected chi connectivity index (χ0v) is 18.1. The molecular formula is C20H26N4O3S2. The molecule has 0 bridgehead atoms. The number of aryl methyl sites for hydroxylation is 1. The molecule has 0 radical (unpaired) electrons. The Labute approximate surface area is 175 Å². The lowest BCUT2D eigenvalue weighted by Gasteiger charge is -2.29. The topological polar surface area (TPSA) is 92.3 Å². The highest BCUT2D eigenvalue weighted by Crippen LogP contribution is 2.24. The Morgan fingerprint density at radius 3 is 2.66 bits per heavy atom. The molecule has 1 aliphatic heterocycles. The summed E-state index contributed by atoms with van der Waals surface area (Å²) in [5, 5.41) is 13.6. The minimum Gasteiger partial charge on any atom is -0.300 e. The molecule has 2 aromatic rings. The van der Waals surface area contributed by atoms with Crippen molar-refractivity contribution in [1.82, 2.24) is 14.5 Å². The second-order valence-corrected chi connectivity index (χ2v) is 9.91. The number of nitrogens with one attached hydrogen (secondary N) is 1. The minimum absolute atomic E-state index is 0.111. The van der Waals surface area contributed by atoms with E-state index in [1.54, 1.807) is 6.08 Å². The molecule has 0 atom stereocenters. The maximum absolute atomic E-state index is 12.5. The van der Waals surface area contributed by atoms with Crippen molar-refractivity contribution in [2.75, 3.05) is 18.4 Å². The maximum atomic E-state index is 12.5. The third-order valence-electron chi connectivity index (χ3n) is 4.86. The number of carbonyl (C=O) groups excluding carboxylic acids is 1. The van der Waals surface area contributed by atoms with Gasteiger partial charge in [0.15, 0.2) is 0 Å². The van der Waals surface area contributed by atoms with Crippen LogP contribution < -0.4 is 5.32 Å². The van der Waals surface area contributed by atoms with Gasteiger partial charge >= 0.3 is 0 Å². The number of sulfonamides is 1. The molecule has 29 heavy (non-hydrogen) atoms. The lowest BCUT2D eigenvalue weighted by Crippen LogP contribution is -2.40. The molecule has 9 heteroatoms. The van der Waals surface area contributed by atoms with Crippen LogP contribution in [0.3, 0.4) is 0 Å². The molecule has 0 saturated carbocycles. The van der Waals surface area contributed by atoms with Gasteiger partial charge in [0.25, 0.3) is 0 Å². The molecule has 1 saturated heterocycles. The van der Waals surface area contributed by atoms with Gasteiger partial charge in [-0.25, -0.2) is 8.42 Å². The third kappa shape index (κ3) is 6.19. The quantitative estimate of drug-likeness (QED) is 0.686. The number of aromatic nitrogens is 2. The summed E-state index contributed by atoms with van der Waals surface area (Å²) in [6.07, 6.45) is 5.59. The van der Waals surface area contributed by atoms with E-state index in [4.69, 9.17) is 0 Å². The fraction of sp³-hybridized carbons (Fsp3) is 0.450. The van der Waals surface area contributed by atoms with Crippen molar-refractivity contribution in [3.05, 3.63) is 46.3 Å². The van der Waals surface area contributed by atoms with Crippen LogP contribution in [-0.4, -0.2) is 41.9 Å². The molecule has 1 amide bonds. The van der Waals surface area contributed by atoms with Crippen LogP contribution in [0, 0.1) is 5.92 Å². The zero-order valence-electron chi connectivity index (χ0n) is 16.5. The standard InChI is InChI=1S/C20H26N4O3S2/c1-2-3-9-18-22-23-20(28-18)21-19(25)17-10-13-24(14-11-17)29(26,27)15-12-16-7-5-4-6-8-16/h4-8,12,15,17H,2-3,9-11,13-14H2,1H3,(H,21,23,25)/b15-12+. The number of piperidine rings is 1. The number of hydrogen-bond donors (Lipinski definition) is 1. The number of nitrogens with zero attached hydrogens (tertiary/aromatic N) is 3. The van der Waals surface area contributed by atoms with Crippen molar-refractivity contribution in [2.45, 2.75) is 39.0 Å². The fourth-order valence-corrected chi connectivity index (χ4v) is 5.13. The Balaban J connectivity index is 1.51. The van der Waals surface area contributed by atoms with Crippen molar-refractivity contribution in [3.63, 3.8) is 0 Å². The Morgan fingerprint density at radius 2 is 1.97 bits per heavy atom. The normalized spacial score (nSPS) is 16.3. The van der Waals surface area contributed by atoms with Crippen LogP contribution in [0.4, 0.5) is 5.13 Å². The Morgan fingerprint density at radius 1 is 1.24 bits per heavy atom. The zero-order chi connectivity index (χ0) is 20.7. The number of benzene rings is 1. The minimum atomic E-state index is -3.49. The van der Waals surface area contributed by atoms with Crippen LogP contribution in [0.15, 0.2) is 35.7 Å². The highest BCUT2D eigenvalue weighted by atomic mass is 32.2. The van der Waals surface area contributed by atoms with Crippen LogP contribution in [-0.2, 0) is 21.2 Å². The van der Waals surface area contributed by atoms with Gasteiger partial charge in [0.1, 0.15) is 5.01 Å². The van der Waals surface area contributed by atoms with Crippen molar-refractivity contribution >= 4 is 38.5 Å². The predicted octanol–water partition coefficient (Wildman–Crippen LogP) is 3.53. The molecule has 1 aromatic heterocycles. The average molecular weight is 435 g/mol. The maximum Gasteiger partial charge on any atom is 0.236 e. The first kappa shape index (κ1) is 21.6. The molecule has 1 aliphatic rings. The van der Waals surface area contributed by atoms with E-state index in [0.717, 1.165) is 29.8 Å². The molecule has 1 N–H and O–H groups in total. The summed E-state index contributed by atoms with van der Waals surface area (Å²) >= 11 is 1.40. The van der Waals surface area contributed by atoms with Gasteiger partial charge in [0, 0.05) is 30.8 Å². The lowest BCUT2D eigenvalue weighted by atomic mass is 9.97. The average Bonchev–Trinajstić information content (AvgIpc) is 3.19. The molecule has 7 nitrogen and oxygen atoms in total. The Kier molecular flexibility index (Phi) is 7.51. The van der Waals surface area contributed by atoms with E-state index < -0.39 is 10.0 Å². The SMILES string of the molecule is CCCCc1nnc(NC(=O)C2CCN(S(=O)(=O)/C=C/c3ccccc3)CC2)s1. The van der Waals surface area contributed by atoms with Gasteiger partial charge in [-0.05, 0) is 30.9 Å². The van der Waals surface area contributed by atoms with E-state index in [-0.39, 0.29) is 11.8 Å². The fourth-order valence-electron chi connectivity index (χ4n) is 3.13. The van der Waals surface area contributed by atoms with Gasteiger partial charge < -0.3 is 5.32 Å². The highest BCUT2D eigenvalue weighted by Gasteiger charge is 2.30. The van der Waals surface area contributed by atoms with Crippen molar-refractivity contribution in [3.8, 4) is 0 Å². The molecule has 2 heterocycles. The Hall–Kier alpha value is -2.10. The molecule has 3 rings (SSSR count). The number of anilines is 1. The van der Waals surface area contributed by atoms with Crippen LogP contribution in [0.2, 0.25) is 0 Å². The van der Waals surface area contributed by atoms with E-state index >= 15 is 0 Å². The monoisotopic (exact) mass is 434 g/mol. The molecule has 0 spiro atoms. The van der Waals surface area contributed by atoms with Crippen molar-refractivity contribution in [2.24, 2.45) is 5.92 Å². The first-order chi connectivity index (χ1) is 14.0. The van der Waals surface area contributed by atoms with Gasteiger partial charge in [-0.3, -0.25) is 4.79 Å². The lowest BCUT2D eigenvalue weighted by molar-refractivity contribution is -0.120. The molecular weight excluding hydrogens is 408 g/mol. The number of amides is 1. The van der Waals surface area contributed by atoms with Gasteiger partial charge in [0.2, 0.25) is 21.1 Å². The number of carbonyl (C=O) groups is 1. The largest absolute Gasteiger partial charge is 0.300 e. The summed E-state index contributed by atoms with van der Waals surface area (Å²) < 4.78 is 26.5. The summed E-state index contributed by atoms with van der Waals surface area (Å²) in [6, 6.07) is 9.31. The third-order valence-corrected chi connectivity index (χ3v) is 7.32. The summed E-state index contributed by atoms with van der Waals surface area (Å²) in [7, 11) is -3.49. The van der Waals surface area contributed by atoms with Gasteiger partial charge in [0.05, 0.1) is 0 Å². The summed E-state index contributed by atoms with van der Waals surface area (Å²) in [5.74, 6) is -0.331. The number of hydrogen-bond acceptors (Lipinski definition) is 6. The van der Waals surface area contributed by atoms with Crippen molar-refractivity contribution < 1.29 is 13.2 Å². The van der Waals surface area contributed by atoms with Crippen molar-refractivity contribution in [1.29, 1.82) is 0 Å². The molecule has 1 fully saturated rings. The van der Waals surface area contributed by atoms with E-state index in [2.05, 4.69) is 22.4 Å². The predicted molar refractivity (Wildman–Crippen MR) is 116 cm³/mol. The second-order valence-electron chi connectivity index (χ2n) is 7.03. The van der Waals surface area contributed by atoms with Gasteiger partial charge in [-0.15, -0.1) is 10.2 Å². The summed E-state index contributed by atoms with van der Waals surface area (Å²) in [6.45, 7) is 2.78. The van der Waals surface area contributed by atoms with Crippen LogP contribution >= 0.6 is 11.3 Å². The molecule has 1 aromatic carbocycles. The first-order valence-electron chi connectivity index (χ1n) is 9.84. The van der Waals surface area contributed by atoms with Crippen LogP contribution in [0.25, 0.3) is 6.08 Å². The number of rotatable bonds is 8. The molecule has 0 unspecified atom stereocenters. The van der Waals surface area contributed by atoms with Crippen LogP contribution in [0.1, 0.15) is 43.2 Å². The molecule has 156 valence electrons. The van der Waals surface area contributed by atoms with E-state index in [1.165, 1.54) is 21.1 Å². The van der Waals surface area contributed by atoms with E-state index in [0.29, 0.717) is 31.1 Å².